The lowest BCUT2D eigenvalue weighted by atomic mass is 10.3. The van der Waals surface area contributed by atoms with Crippen LogP contribution in [-0.4, -0.2) is 55.7 Å². The molecule has 0 saturated carbocycles. The highest BCUT2D eigenvalue weighted by Gasteiger charge is 2.26. The second-order valence-corrected chi connectivity index (χ2v) is 4.61. The normalized spacial score (nSPS) is 18.9. The highest BCUT2D eigenvalue weighted by molar-refractivity contribution is 5.77. The first-order valence-corrected chi connectivity index (χ1v) is 6.17. The summed E-state index contributed by atoms with van der Waals surface area (Å²) >= 11 is 0. The van der Waals surface area contributed by atoms with Crippen molar-refractivity contribution < 1.29 is 18.0 Å². The van der Waals surface area contributed by atoms with Crippen LogP contribution in [0.3, 0.4) is 0 Å². The summed E-state index contributed by atoms with van der Waals surface area (Å²) in [7, 11) is 0. The van der Waals surface area contributed by atoms with E-state index in [0.29, 0.717) is 6.54 Å². The third kappa shape index (κ3) is 6.20. The third-order valence-electron chi connectivity index (χ3n) is 2.97. The number of amides is 1. The lowest BCUT2D eigenvalue weighted by molar-refractivity contribution is -0.128. The quantitative estimate of drug-likeness (QED) is 0.746. The summed E-state index contributed by atoms with van der Waals surface area (Å²) in [5, 5.41) is 4.70. The van der Waals surface area contributed by atoms with Gasteiger partial charge in [0.05, 0.1) is 13.1 Å². The summed E-state index contributed by atoms with van der Waals surface area (Å²) in [6, 6.07) is 0.235. The van der Waals surface area contributed by atoms with Gasteiger partial charge in [-0.3, -0.25) is 9.69 Å². The molecule has 1 unspecified atom stereocenters. The average molecular weight is 267 g/mol. The van der Waals surface area contributed by atoms with Gasteiger partial charge in [-0.15, -0.1) is 0 Å². The summed E-state index contributed by atoms with van der Waals surface area (Å²) in [4.78, 5) is 13.6. The van der Waals surface area contributed by atoms with Crippen molar-refractivity contribution in [1.82, 2.24) is 15.5 Å². The fourth-order valence-corrected chi connectivity index (χ4v) is 1.95. The summed E-state index contributed by atoms with van der Waals surface area (Å²) < 4.78 is 35.5. The summed E-state index contributed by atoms with van der Waals surface area (Å²) in [5.41, 5.74) is 0. The molecule has 0 aromatic carbocycles. The molecule has 1 heterocycles. The summed E-state index contributed by atoms with van der Waals surface area (Å²) in [6.45, 7) is 3.11. The van der Waals surface area contributed by atoms with E-state index in [4.69, 9.17) is 0 Å². The van der Waals surface area contributed by atoms with Crippen LogP contribution in [0.1, 0.15) is 19.8 Å². The number of nitrogens with zero attached hydrogens (tertiary/aromatic N) is 1. The lowest BCUT2D eigenvalue weighted by Crippen LogP contribution is -2.44. The summed E-state index contributed by atoms with van der Waals surface area (Å²) in [6.07, 6.45) is -1.93. The number of nitrogens with one attached hydrogen (secondary N) is 2. The van der Waals surface area contributed by atoms with Gasteiger partial charge in [0.25, 0.3) is 0 Å². The standard InChI is InChI=1S/C11H20F3N3O/c1-9(17-4-2-3-5-17)6-16-10(18)7-15-8-11(12,13)14/h9,15H,2-8H2,1H3,(H,16,18). The fourth-order valence-electron chi connectivity index (χ4n) is 1.95. The maximum Gasteiger partial charge on any atom is 0.401 e. The van der Waals surface area contributed by atoms with Crippen LogP contribution in [0, 0.1) is 0 Å². The van der Waals surface area contributed by atoms with Gasteiger partial charge in [-0.1, -0.05) is 0 Å². The number of hydrogen-bond acceptors (Lipinski definition) is 3. The molecule has 0 radical (unpaired) electrons. The molecule has 1 saturated heterocycles. The predicted molar refractivity (Wildman–Crippen MR) is 62.2 cm³/mol. The zero-order chi connectivity index (χ0) is 13.6. The molecule has 18 heavy (non-hydrogen) atoms. The molecule has 4 nitrogen and oxygen atoms in total. The van der Waals surface area contributed by atoms with Gasteiger partial charge in [-0.05, 0) is 32.9 Å². The Morgan fingerprint density at radius 1 is 1.33 bits per heavy atom. The number of carbonyl (C=O) groups excluding carboxylic acids is 1. The maximum atomic E-state index is 11.8. The SMILES string of the molecule is CC(CNC(=O)CNCC(F)(F)F)N1CCCC1. The Morgan fingerprint density at radius 3 is 2.50 bits per heavy atom. The van der Waals surface area contributed by atoms with Crippen LogP contribution in [0.5, 0.6) is 0 Å². The molecular weight excluding hydrogens is 247 g/mol. The number of likely N-dealkylation sites (tertiary alicyclic amines) is 1. The van der Waals surface area contributed by atoms with Gasteiger partial charge in [0.15, 0.2) is 0 Å². The molecule has 1 aliphatic rings. The summed E-state index contributed by atoms with van der Waals surface area (Å²) in [5.74, 6) is -0.398. The van der Waals surface area contributed by atoms with E-state index in [-0.39, 0.29) is 12.6 Å². The van der Waals surface area contributed by atoms with Crippen molar-refractivity contribution in [3.8, 4) is 0 Å². The Hall–Kier alpha value is -0.820. The van der Waals surface area contributed by atoms with Gasteiger partial charge < -0.3 is 10.6 Å². The zero-order valence-corrected chi connectivity index (χ0v) is 10.5. The van der Waals surface area contributed by atoms with Crippen LogP contribution < -0.4 is 10.6 Å². The van der Waals surface area contributed by atoms with E-state index in [0.717, 1.165) is 13.1 Å². The Bertz CT molecular complexity index is 265. The van der Waals surface area contributed by atoms with Gasteiger partial charge >= 0.3 is 6.18 Å². The van der Waals surface area contributed by atoms with Crippen LogP contribution in [0.2, 0.25) is 0 Å². The topological polar surface area (TPSA) is 44.4 Å². The van der Waals surface area contributed by atoms with Gasteiger partial charge in [0.1, 0.15) is 0 Å². The van der Waals surface area contributed by atoms with Crippen LogP contribution in [-0.2, 0) is 4.79 Å². The highest BCUT2D eigenvalue weighted by atomic mass is 19.4. The molecule has 1 aliphatic heterocycles. The molecule has 7 heteroatoms. The number of carbonyl (C=O) groups is 1. The first kappa shape index (κ1) is 15.2. The minimum atomic E-state index is -4.27. The first-order chi connectivity index (χ1) is 8.38. The zero-order valence-electron chi connectivity index (χ0n) is 10.5. The van der Waals surface area contributed by atoms with Crippen LogP contribution in [0.4, 0.5) is 13.2 Å². The van der Waals surface area contributed by atoms with Crippen molar-refractivity contribution in [2.75, 3.05) is 32.7 Å². The van der Waals surface area contributed by atoms with Gasteiger partial charge in [-0.2, -0.15) is 13.2 Å². The molecule has 0 spiro atoms. The Balaban J connectivity index is 2.09. The number of halogens is 3. The van der Waals surface area contributed by atoms with E-state index in [9.17, 15) is 18.0 Å². The molecule has 1 amide bonds. The monoisotopic (exact) mass is 267 g/mol. The van der Waals surface area contributed by atoms with E-state index in [1.807, 2.05) is 6.92 Å². The molecule has 1 rings (SSSR count). The van der Waals surface area contributed by atoms with Crippen molar-refractivity contribution in [3.63, 3.8) is 0 Å². The predicted octanol–water partition coefficient (Wildman–Crippen LogP) is 0.739. The molecular formula is C11H20F3N3O. The molecule has 1 atom stereocenters. The van der Waals surface area contributed by atoms with Crippen LogP contribution >= 0.6 is 0 Å². The number of hydrogen-bond donors (Lipinski definition) is 2. The fraction of sp³-hybridized carbons (Fsp3) is 0.909. The van der Waals surface area contributed by atoms with Gasteiger partial charge in [0, 0.05) is 12.6 Å². The van der Waals surface area contributed by atoms with Gasteiger partial charge in [-0.25, -0.2) is 0 Å². The number of rotatable bonds is 6. The van der Waals surface area contributed by atoms with Gasteiger partial charge in [0.2, 0.25) is 5.91 Å². The lowest BCUT2D eigenvalue weighted by Gasteiger charge is -2.23. The minimum Gasteiger partial charge on any atom is -0.353 e. The van der Waals surface area contributed by atoms with E-state index in [2.05, 4.69) is 15.5 Å². The largest absolute Gasteiger partial charge is 0.401 e. The van der Waals surface area contributed by atoms with E-state index in [1.165, 1.54) is 12.8 Å². The second-order valence-electron chi connectivity index (χ2n) is 4.61. The van der Waals surface area contributed by atoms with E-state index >= 15 is 0 Å². The Kier molecular flexibility index (Phi) is 5.87. The second kappa shape index (κ2) is 6.94. The molecule has 0 aliphatic carbocycles. The van der Waals surface area contributed by atoms with Crippen LogP contribution in [0.15, 0.2) is 0 Å². The average Bonchev–Trinajstić information content (AvgIpc) is 2.77. The third-order valence-corrected chi connectivity index (χ3v) is 2.97. The molecule has 2 N–H and O–H groups in total. The van der Waals surface area contributed by atoms with E-state index < -0.39 is 18.6 Å². The Labute approximate surface area is 105 Å². The molecule has 106 valence electrons. The molecule has 0 bridgehead atoms. The highest BCUT2D eigenvalue weighted by Crippen LogP contribution is 2.12. The maximum absolute atomic E-state index is 11.8. The van der Waals surface area contributed by atoms with Crippen molar-refractivity contribution in [2.45, 2.75) is 32.0 Å². The molecule has 1 fully saturated rings. The Morgan fingerprint density at radius 2 is 1.94 bits per heavy atom. The van der Waals surface area contributed by atoms with Crippen LogP contribution in [0.25, 0.3) is 0 Å². The first-order valence-electron chi connectivity index (χ1n) is 6.17. The molecule has 0 aromatic rings. The van der Waals surface area contributed by atoms with Crippen molar-refractivity contribution in [2.24, 2.45) is 0 Å². The minimum absolute atomic E-state index is 0.235. The smallest absolute Gasteiger partial charge is 0.353 e. The van der Waals surface area contributed by atoms with Crippen molar-refractivity contribution in [1.29, 1.82) is 0 Å². The van der Waals surface area contributed by atoms with Crippen molar-refractivity contribution >= 4 is 5.91 Å². The molecule has 0 aromatic heterocycles. The number of alkyl halides is 3. The van der Waals surface area contributed by atoms with Crippen molar-refractivity contribution in [3.05, 3.63) is 0 Å². The van der Waals surface area contributed by atoms with E-state index in [1.54, 1.807) is 0 Å².